The lowest BCUT2D eigenvalue weighted by Crippen LogP contribution is -2.44. The van der Waals surface area contributed by atoms with Crippen LogP contribution in [-0.2, 0) is 14.3 Å². The van der Waals surface area contributed by atoms with E-state index in [-0.39, 0.29) is 23.3 Å². The van der Waals surface area contributed by atoms with Gasteiger partial charge in [-0.1, -0.05) is 26.5 Å². The number of rotatable bonds is 5. The molecule has 0 bridgehead atoms. The minimum absolute atomic E-state index is 0.0535. The Bertz CT molecular complexity index is 970. The van der Waals surface area contributed by atoms with Gasteiger partial charge in [0.25, 0.3) is 0 Å². The van der Waals surface area contributed by atoms with Crippen LogP contribution in [0.4, 0.5) is 0 Å². The number of carbonyl (C=O) groups excluding carboxylic acids is 2. The van der Waals surface area contributed by atoms with Crippen LogP contribution < -0.4 is 14.8 Å². The Morgan fingerprint density at radius 2 is 1.84 bits per heavy atom. The summed E-state index contributed by atoms with van der Waals surface area (Å²) in [6.07, 6.45) is 4.99. The molecule has 4 rings (SSSR count). The number of ether oxygens (including phenoxy) is 3. The molecule has 0 radical (unpaired) electrons. The predicted octanol–water partition coefficient (Wildman–Crippen LogP) is 4.65. The Morgan fingerprint density at radius 1 is 1.12 bits per heavy atom. The van der Waals surface area contributed by atoms with Crippen molar-refractivity contribution in [1.29, 1.82) is 0 Å². The molecule has 2 unspecified atom stereocenters. The number of nitrogens with one attached hydrogen (secondary N) is 1. The molecule has 6 nitrogen and oxygen atoms in total. The van der Waals surface area contributed by atoms with Gasteiger partial charge in [0.15, 0.2) is 5.78 Å². The summed E-state index contributed by atoms with van der Waals surface area (Å²) in [6.45, 7) is 8.37. The molecule has 0 aromatic heterocycles. The van der Waals surface area contributed by atoms with Gasteiger partial charge in [-0.2, -0.15) is 0 Å². The van der Waals surface area contributed by atoms with Gasteiger partial charge in [0.05, 0.1) is 14.2 Å². The van der Waals surface area contributed by atoms with Crippen molar-refractivity contribution in [2.24, 2.45) is 11.3 Å². The Balaban J connectivity index is 1.83. The van der Waals surface area contributed by atoms with Gasteiger partial charge in [-0.05, 0) is 43.6 Å². The maximum Gasteiger partial charge on any atom is 0.316 e. The molecular formula is C26H33NO5. The van der Waals surface area contributed by atoms with E-state index in [1.165, 1.54) is 0 Å². The molecule has 1 saturated carbocycles. The van der Waals surface area contributed by atoms with E-state index in [0.717, 1.165) is 36.9 Å². The number of benzene rings is 1. The standard InChI is InChI=1S/C26H33NO5/c1-15-22(25(29)32-16-8-6-7-9-16)23(18-11-10-17(30-4)12-21(18)31-5)24-19(27-15)13-26(2,3)14-20(24)28/h10-12,16,22-23,27H,1,6-9,13-14H2,2-5H3. The maximum atomic E-state index is 13.5. The van der Waals surface area contributed by atoms with Crippen molar-refractivity contribution in [3.63, 3.8) is 0 Å². The lowest BCUT2D eigenvalue weighted by Gasteiger charge is -2.42. The van der Waals surface area contributed by atoms with E-state index >= 15 is 0 Å². The first-order valence-corrected chi connectivity index (χ1v) is 11.4. The molecule has 2 aliphatic carbocycles. The second-order valence-corrected chi connectivity index (χ2v) is 9.89. The van der Waals surface area contributed by atoms with Crippen LogP contribution in [0.1, 0.15) is 63.9 Å². The zero-order valence-corrected chi connectivity index (χ0v) is 19.5. The van der Waals surface area contributed by atoms with Crippen LogP contribution in [0.3, 0.4) is 0 Å². The van der Waals surface area contributed by atoms with E-state index in [4.69, 9.17) is 14.2 Å². The van der Waals surface area contributed by atoms with Gasteiger partial charge in [-0.3, -0.25) is 9.59 Å². The number of Topliss-reactive ketones (excluding diaryl/α,β-unsaturated/α-hetero) is 1. The fourth-order valence-corrected chi connectivity index (χ4v) is 5.38. The second-order valence-electron chi connectivity index (χ2n) is 9.89. The number of esters is 1. The summed E-state index contributed by atoms with van der Waals surface area (Å²) in [6, 6.07) is 5.50. The van der Waals surface area contributed by atoms with E-state index in [2.05, 4.69) is 25.7 Å². The fourth-order valence-electron chi connectivity index (χ4n) is 5.38. The van der Waals surface area contributed by atoms with E-state index < -0.39 is 11.8 Å². The number of ketones is 1. The summed E-state index contributed by atoms with van der Waals surface area (Å²) in [7, 11) is 3.18. The molecule has 0 saturated heterocycles. The molecule has 1 fully saturated rings. The SMILES string of the molecule is C=C1NC2=C(C(=O)CC(C)(C)C2)C(c2ccc(OC)cc2OC)C1C(=O)OC1CCCC1. The van der Waals surface area contributed by atoms with Crippen molar-refractivity contribution < 1.29 is 23.8 Å². The van der Waals surface area contributed by atoms with Crippen LogP contribution in [0.15, 0.2) is 41.7 Å². The number of allylic oxidation sites excluding steroid dienone is 2. The van der Waals surface area contributed by atoms with Gasteiger partial charge in [-0.15, -0.1) is 0 Å². The van der Waals surface area contributed by atoms with E-state index in [1.807, 2.05) is 12.1 Å². The molecule has 0 spiro atoms. The number of methoxy groups -OCH3 is 2. The summed E-state index contributed by atoms with van der Waals surface area (Å²) in [5, 5.41) is 3.32. The fraction of sp³-hybridized carbons (Fsp3) is 0.538. The number of hydrogen-bond donors (Lipinski definition) is 1. The molecule has 1 aromatic rings. The van der Waals surface area contributed by atoms with Crippen molar-refractivity contribution >= 4 is 11.8 Å². The van der Waals surface area contributed by atoms with Gasteiger partial charge in [0.1, 0.15) is 23.5 Å². The topological polar surface area (TPSA) is 73.9 Å². The highest BCUT2D eigenvalue weighted by Gasteiger charge is 2.48. The Hall–Kier alpha value is -2.76. The van der Waals surface area contributed by atoms with E-state index in [0.29, 0.717) is 35.6 Å². The quantitative estimate of drug-likeness (QED) is 0.674. The Morgan fingerprint density at radius 3 is 2.50 bits per heavy atom. The minimum atomic E-state index is -0.707. The third kappa shape index (κ3) is 4.15. The van der Waals surface area contributed by atoms with Crippen molar-refractivity contribution in [3.05, 3.63) is 47.3 Å². The highest BCUT2D eigenvalue weighted by atomic mass is 16.5. The van der Waals surface area contributed by atoms with E-state index in [1.54, 1.807) is 20.3 Å². The largest absolute Gasteiger partial charge is 0.497 e. The van der Waals surface area contributed by atoms with Crippen molar-refractivity contribution in [3.8, 4) is 11.5 Å². The predicted molar refractivity (Wildman–Crippen MR) is 121 cm³/mol. The van der Waals surface area contributed by atoms with Gasteiger partial charge in [-0.25, -0.2) is 0 Å². The molecule has 1 aromatic carbocycles. The maximum absolute atomic E-state index is 13.5. The van der Waals surface area contributed by atoms with Crippen molar-refractivity contribution in [2.75, 3.05) is 14.2 Å². The molecule has 1 heterocycles. The first-order valence-electron chi connectivity index (χ1n) is 11.4. The van der Waals surface area contributed by atoms with Crippen molar-refractivity contribution in [2.45, 2.75) is 64.4 Å². The third-order valence-electron chi connectivity index (χ3n) is 6.87. The van der Waals surface area contributed by atoms with Crippen LogP contribution in [0.5, 0.6) is 11.5 Å². The molecule has 172 valence electrons. The Labute approximate surface area is 190 Å². The molecule has 6 heteroatoms. The third-order valence-corrected chi connectivity index (χ3v) is 6.87. The molecule has 3 aliphatic rings. The van der Waals surface area contributed by atoms with Crippen LogP contribution in [-0.4, -0.2) is 32.1 Å². The van der Waals surface area contributed by atoms with Gasteiger partial charge >= 0.3 is 5.97 Å². The normalized spacial score (nSPS) is 25.2. The molecule has 0 amide bonds. The second kappa shape index (κ2) is 8.64. The van der Waals surface area contributed by atoms with Gasteiger partial charge in [0, 0.05) is 40.9 Å². The molecule has 32 heavy (non-hydrogen) atoms. The minimum Gasteiger partial charge on any atom is -0.497 e. The van der Waals surface area contributed by atoms with Gasteiger partial charge in [0.2, 0.25) is 0 Å². The van der Waals surface area contributed by atoms with Gasteiger partial charge < -0.3 is 19.5 Å². The molecule has 2 atom stereocenters. The lowest BCUT2D eigenvalue weighted by atomic mass is 9.66. The first-order chi connectivity index (χ1) is 15.2. The zero-order valence-electron chi connectivity index (χ0n) is 19.5. The highest BCUT2D eigenvalue weighted by Crippen LogP contribution is 2.50. The lowest BCUT2D eigenvalue weighted by molar-refractivity contribution is -0.153. The zero-order chi connectivity index (χ0) is 23.0. The average molecular weight is 440 g/mol. The highest BCUT2D eigenvalue weighted by molar-refractivity contribution is 6.01. The van der Waals surface area contributed by atoms with Crippen molar-refractivity contribution in [1.82, 2.24) is 5.32 Å². The monoisotopic (exact) mass is 439 g/mol. The summed E-state index contributed by atoms with van der Waals surface area (Å²) in [5.74, 6) is -0.279. The molecule has 1 aliphatic heterocycles. The summed E-state index contributed by atoms with van der Waals surface area (Å²) < 4.78 is 16.9. The first kappa shape index (κ1) is 22.4. The summed E-state index contributed by atoms with van der Waals surface area (Å²) in [5.41, 5.74) is 2.68. The smallest absolute Gasteiger partial charge is 0.316 e. The number of carbonyl (C=O) groups is 2. The number of hydrogen-bond acceptors (Lipinski definition) is 6. The van der Waals surface area contributed by atoms with Crippen LogP contribution >= 0.6 is 0 Å². The van der Waals surface area contributed by atoms with Crippen LogP contribution in [0.2, 0.25) is 0 Å². The molecular weight excluding hydrogens is 406 g/mol. The Kier molecular flexibility index (Phi) is 6.06. The van der Waals surface area contributed by atoms with Crippen LogP contribution in [0.25, 0.3) is 0 Å². The van der Waals surface area contributed by atoms with E-state index in [9.17, 15) is 9.59 Å². The van der Waals surface area contributed by atoms with Crippen LogP contribution in [0, 0.1) is 11.3 Å². The molecule has 1 N–H and O–H groups in total. The average Bonchev–Trinajstić information content (AvgIpc) is 3.24. The summed E-state index contributed by atoms with van der Waals surface area (Å²) >= 11 is 0. The summed E-state index contributed by atoms with van der Waals surface area (Å²) in [4.78, 5) is 26.9.